The van der Waals surface area contributed by atoms with E-state index < -0.39 is 88.7 Å². The number of aryl methyl sites for hydroxylation is 6. The van der Waals surface area contributed by atoms with Gasteiger partial charge in [-0.15, -0.1) is 0 Å². The number of carbonyl (C=O) groups is 1. The van der Waals surface area contributed by atoms with Crippen LogP contribution >= 0.6 is 23.2 Å². The maximum Gasteiger partial charge on any atom is 0.417 e. The van der Waals surface area contributed by atoms with Gasteiger partial charge in [0.2, 0.25) is 5.78 Å². The van der Waals surface area contributed by atoms with Crippen LogP contribution in [0.5, 0.6) is 0 Å². The first-order valence-corrected chi connectivity index (χ1v) is 24.0. The van der Waals surface area contributed by atoms with Gasteiger partial charge >= 0.3 is 12.4 Å². The number of anilines is 2. The Kier molecular flexibility index (Phi) is 20.1. The molecule has 2 aromatic carbocycles. The van der Waals surface area contributed by atoms with Crippen molar-refractivity contribution >= 4 is 60.4 Å². The lowest BCUT2D eigenvalue weighted by molar-refractivity contribution is -0.138. The molecular formula is C48H52Cl2F6N6O8S2. The monoisotopic (exact) mass is 1090 g/mol. The Bertz CT molecular complexity index is 3130. The molecule has 0 aliphatic rings. The van der Waals surface area contributed by atoms with E-state index in [-0.39, 0.29) is 43.2 Å². The lowest BCUT2D eigenvalue weighted by atomic mass is 9.98. The largest absolute Gasteiger partial charge is 0.417 e. The minimum absolute atomic E-state index is 0. The number of benzene rings is 2. The molecule has 0 amide bonds. The Morgan fingerprint density at radius 3 is 1.51 bits per heavy atom. The molecule has 1 unspecified atom stereocenters. The molecule has 6 rings (SSSR count). The van der Waals surface area contributed by atoms with Gasteiger partial charge in [-0.3, -0.25) is 24.7 Å². The molecule has 4 heterocycles. The number of rotatable bonds is 14. The van der Waals surface area contributed by atoms with Gasteiger partial charge in [0.05, 0.1) is 48.0 Å². The average Bonchev–Trinajstić information content (AvgIpc) is 3.26. The molecule has 0 aliphatic heterocycles. The van der Waals surface area contributed by atoms with Crippen LogP contribution in [0.2, 0.25) is 10.0 Å². The zero-order valence-corrected chi connectivity index (χ0v) is 41.5. The quantitative estimate of drug-likeness (QED) is 0.0620. The highest BCUT2D eigenvalue weighted by molar-refractivity contribution is 7.93. The van der Waals surface area contributed by atoms with Gasteiger partial charge in [0.1, 0.15) is 25.3 Å². The van der Waals surface area contributed by atoms with Crippen molar-refractivity contribution < 1.29 is 62.6 Å². The highest BCUT2D eigenvalue weighted by Crippen LogP contribution is 2.40. The molecule has 0 spiro atoms. The first-order chi connectivity index (χ1) is 32.6. The van der Waals surface area contributed by atoms with Crippen LogP contribution in [0.25, 0.3) is 0 Å². The topological polar surface area (TPSA) is 182 Å². The maximum absolute atomic E-state index is 13.6. The summed E-state index contributed by atoms with van der Waals surface area (Å²) in [6.07, 6.45) is -5.17. The van der Waals surface area contributed by atoms with Crippen molar-refractivity contribution in [2.45, 2.75) is 84.6 Å². The second-order valence-corrected chi connectivity index (χ2v) is 20.1. The zero-order valence-electron chi connectivity index (χ0n) is 38.4. The van der Waals surface area contributed by atoms with Crippen molar-refractivity contribution in [2.75, 3.05) is 36.3 Å². The Labute approximate surface area is 424 Å². The number of ketones is 1. The van der Waals surface area contributed by atoms with Crippen molar-refractivity contribution in [2.24, 2.45) is 0 Å². The summed E-state index contributed by atoms with van der Waals surface area (Å²) in [4.78, 5) is 28.9. The van der Waals surface area contributed by atoms with Gasteiger partial charge in [-0.05, 0) is 124 Å². The molecular weight excluding hydrogens is 1040 g/mol. The number of carbonyl (C=O) groups excluding carboxylic acids is 1. The molecule has 14 nitrogen and oxygen atoms in total. The summed E-state index contributed by atoms with van der Waals surface area (Å²) in [5.41, 5.74) is 0.928. The molecule has 0 saturated heterocycles. The van der Waals surface area contributed by atoms with Gasteiger partial charge in [-0.1, -0.05) is 38.1 Å². The fraction of sp³-hybridized carbons (Fsp3) is 0.312. The summed E-state index contributed by atoms with van der Waals surface area (Å²) in [6, 6.07) is 10.7. The van der Waals surface area contributed by atoms with E-state index in [0.29, 0.717) is 55.6 Å². The van der Waals surface area contributed by atoms with Gasteiger partial charge in [-0.2, -0.15) is 26.3 Å². The van der Waals surface area contributed by atoms with E-state index in [4.69, 9.17) is 32.7 Å². The van der Waals surface area contributed by atoms with Crippen LogP contribution in [0.15, 0.2) is 95.2 Å². The van der Waals surface area contributed by atoms with Crippen molar-refractivity contribution in [3.63, 3.8) is 0 Å². The van der Waals surface area contributed by atoms with Crippen LogP contribution in [0.3, 0.4) is 0 Å². The first kappa shape index (κ1) is 60.6. The summed E-state index contributed by atoms with van der Waals surface area (Å²) in [5, 5.41) is 9.95. The van der Waals surface area contributed by atoms with Crippen LogP contribution in [-0.2, 0) is 41.9 Å². The number of halogens is 8. The number of hydrogen-bond donors (Lipinski definition) is 1. The van der Waals surface area contributed by atoms with Crippen LogP contribution in [0.4, 0.5) is 37.7 Å². The SMILES string of the molecule is C.C.COCN(c1cc(C)cnc1C(=O)c1c(C)ccnc1C)S(=O)(=O)c1ccc(Cl)c(C(F)(F)F)c1.COCN(c1cc(C)cnc1C(O)c1c(C)ccnc1C)S(=O)(=O)c1ccc(Cl)c(C(F)(F)F)c1. The highest BCUT2D eigenvalue weighted by atomic mass is 35.5. The van der Waals surface area contributed by atoms with Crippen LogP contribution < -0.4 is 8.61 Å². The molecule has 1 N–H and O–H groups in total. The zero-order chi connectivity index (χ0) is 52.3. The van der Waals surface area contributed by atoms with Crippen LogP contribution in [0, 0.1) is 41.5 Å². The van der Waals surface area contributed by atoms with E-state index in [0.717, 1.165) is 28.6 Å². The number of pyridine rings is 4. The number of ether oxygens (including phenoxy) is 2. The predicted molar refractivity (Wildman–Crippen MR) is 262 cm³/mol. The molecule has 1 atom stereocenters. The number of alkyl halides is 6. The molecule has 0 fully saturated rings. The minimum Gasteiger partial charge on any atom is -0.382 e. The van der Waals surface area contributed by atoms with Gasteiger partial charge in [0.15, 0.2) is 0 Å². The summed E-state index contributed by atoms with van der Waals surface area (Å²) in [6.45, 7) is 8.93. The Balaban J connectivity index is 0.000000370. The van der Waals surface area contributed by atoms with E-state index in [9.17, 15) is 53.1 Å². The standard InChI is InChI=1S/C23H23ClF3N3O4S.C23H21ClF3N3O4S.2CH4/c2*1-13-9-19(21(29-11-13)22(31)20-14(2)7-8-28-15(20)3)30(12-34-4)35(32,33)16-5-6-18(24)17(10-16)23(25,26)27;;/h5-11,22,31H,12H2,1-4H3;5-11H,12H2,1-4H3;2*1H4. The number of aromatic nitrogens is 4. The van der Waals surface area contributed by atoms with E-state index in [1.165, 1.54) is 44.9 Å². The normalized spacial score (nSPS) is 12.2. The molecule has 24 heteroatoms. The van der Waals surface area contributed by atoms with Crippen molar-refractivity contribution in [3.8, 4) is 0 Å². The fourth-order valence-electron chi connectivity index (χ4n) is 7.10. The highest BCUT2D eigenvalue weighted by Gasteiger charge is 2.39. The second-order valence-electron chi connectivity index (χ2n) is 15.6. The van der Waals surface area contributed by atoms with Gasteiger partial charge < -0.3 is 14.6 Å². The van der Waals surface area contributed by atoms with Crippen molar-refractivity contribution in [3.05, 3.63) is 163 Å². The van der Waals surface area contributed by atoms with E-state index in [2.05, 4.69) is 19.9 Å². The molecule has 4 aromatic heterocycles. The van der Waals surface area contributed by atoms with Gasteiger partial charge in [0, 0.05) is 61.5 Å². The third-order valence-electron chi connectivity index (χ3n) is 10.5. The van der Waals surface area contributed by atoms with E-state index >= 15 is 0 Å². The van der Waals surface area contributed by atoms with E-state index in [1.807, 2.05) is 0 Å². The average molecular weight is 1090 g/mol. The summed E-state index contributed by atoms with van der Waals surface area (Å²) < 4.78 is 146. The van der Waals surface area contributed by atoms with Gasteiger partial charge in [-0.25, -0.2) is 25.4 Å². The molecule has 0 aliphatic carbocycles. The Morgan fingerprint density at radius 1 is 0.639 bits per heavy atom. The number of nitrogens with zero attached hydrogens (tertiary/aromatic N) is 6. The Morgan fingerprint density at radius 2 is 1.07 bits per heavy atom. The maximum atomic E-state index is 13.6. The lowest BCUT2D eigenvalue weighted by Gasteiger charge is -2.28. The van der Waals surface area contributed by atoms with Crippen molar-refractivity contribution in [1.82, 2.24) is 19.9 Å². The molecule has 72 heavy (non-hydrogen) atoms. The second kappa shape index (κ2) is 23.9. The fourth-order valence-corrected chi connectivity index (χ4v) is 10.4. The number of aliphatic hydroxyl groups is 1. The van der Waals surface area contributed by atoms with Crippen LogP contribution in [-0.4, -0.2) is 75.3 Å². The third kappa shape index (κ3) is 13.1. The number of hydrogen-bond acceptors (Lipinski definition) is 12. The molecule has 0 bridgehead atoms. The lowest BCUT2D eigenvalue weighted by Crippen LogP contribution is -2.35. The smallest absolute Gasteiger partial charge is 0.382 e. The minimum atomic E-state index is -4.88. The predicted octanol–water partition coefficient (Wildman–Crippen LogP) is 11.3. The molecule has 0 saturated carbocycles. The number of methoxy groups -OCH3 is 2. The summed E-state index contributed by atoms with van der Waals surface area (Å²) in [7, 11) is -6.81. The number of aliphatic hydroxyl groups excluding tert-OH is 1. The van der Waals surface area contributed by atoms with Crippen molar-refractivity contribution in [1.29, 1.82) is 0 Å². The molecule has 390 valence electrons. The Hall–Kier alpha value is -5.75. The third-order valence-corrected chi connectivity index (χ3v) is 14.6. The summed E-state index contributed by atoms with van der Waals surface area (Å²) in [5.74, 6) is -0.591. The first-order valence-electron chi connectivity index (χ1n) is 20.3. The molecule has 0 radical (unpaired) electrons. The number of sulfonamides is 2. The van der Waals surface area contributed by atoms with E-state index in [1.54, 1.807) is 59.9 Å². The molecule has 6 aromatic rings. The van der Waals surface area contributed by atoms with Crippen LogP contribution in [0.1, 0.15) is 93.0 Å². The summed E-state index contributed by atoms with van der Waals surface area (Å²) >= 11 is 11.3. The van der Waals surface area contributed by atoms with Gasteiger partial charge in [0.25, 0.3) is 20.0 Å².